The molecule has 25 heavy (non-hydrogen) atoms. The van der Waals surface area contributed by atoms with Gasteiger partial charge in [0, 0.05) is 25.0 Å². The van der Waals surface area contributed by atoms with Gasteiger partial charge in [0.25, 0.3) is 0 Å². The summed E-state index contributed by atoms with van der Waals surface area (Å²) >= 11 is 0. The fourth-order valence-corrected chi connectivity index (χ4v) is 3.28. The van der Waals surface area contributed by atoms with E-state index >= 15 is 0 Å². The van der Waals surface area contributed by atoms with Crippen molar-refractivity contribution in [2.24, 2.45) is 0 Å². The van der Waals surface area contributed by atoms with Gasteiger partial charge in [-0.05, 0) is 43.1 Å². The van der Waals surface area contributed by atoms with Gasteiger partial charge in [-0.25, -0.2) is 0 Å². The Kier molecular flexibility index (Phi) is 6.04. The van der Waals surface area contributed by atoms with Gasteiger partial charge in [-0.15, -0.1) is 0 Å². The third-order valence-electron chi connectivity index (χ3n) is 4.55. The fourth-order valence-electron chi connectivity index (χ4n) is 3.28. The van der Waals surface area contributed by atoms with Gasteiger partial charge in [0.15, 0.2) is 0 Å². The van der Waals surface area contributed by atoms with Crippen molar-refractivity contribution in [3.8, 4) is 11.8 Å². The average Bonchev–Trinajstić information content (AvgIpc) is 3.28. The summed E-state index contributed by atoms with van der Waals surface area (Å²) in [5.41, 5.74) is 0.967. The van der Waals surface area contributed by atoms with Crippen LogP contribution < -0.4 is 4.74 Å². The molecular formula is C19H24N4O2. The van der Waals surface area contributed by atoms with Crippen molar-refractivity contribution < 1.29 is 9.84 Å². The molecule has 6 nitrogen and oxygen atoms in total. The Labute approximate surface area is 148 Å². The first kappa shape index (κ1) is 17.5. The van der Waals surface area contributed by atoms with Gasteiger partial charge in [-0.1, -0.05) is 12.1 Å². The molecule has 1 aliphatic rings. The third-order valence-corrected chi connectivity index (χ3v) is 4.55. The molecule has 2 atom stereocenters. The lowest BCUT2D eigenvalue weighted by Crippen LogP contribution is -2.40. The van der Waals surface area contributed by atoms with Crippen LogP contribution in [0.15, 0.2) is 42.7 Å². The summed E-state index contributed by atoms with van der Waals surface area (Å²) in [5, 5.41) is 23.3. The minimum Gasteiger partial charge on any atom is -0.491 e. The molecule has 2 aromatic rings. The number of likely N-dealkylation sites (tertiary alicyclic amines) is 1. The molecular weight excluding hydrogens is 316 g/mol. The summed E-state index contributed by atoms with van der Waals surface area (Å²) in [6.07, 6.45) is 5.93. The molecule has 0 radical (unpaired) electrons. The molecule has 0 amide bonds. The third kappa shape index (κ3) is 5.05. The Balaban J connectivity index is 1.45. The van der Waals surface area contributed by atoms with Gasteiger partial charge in [-0.3, -0.25) is 9.58 Å². The molecule has 0 bridgehead atoms. The summed E-state index contributed by atoms with van der Waals surface area (Å²) in [6, 6.07) is 11.9. The molecule has 1 fully saturated rings. The highest BCUT2D eigenvalue weighted by Crippen LogP contribution is 2.19. The number of ether oxygens (including phenoxy) is 1. The van der Waals surface area contributed by atoms with Crippen LogP contribution in [0, 0.1) is 11.3 Å². The number of hydrogen-bond acceptors (Lipinski definition) is 5. The average molecular weight is 340 g/mol. The van der Waals surface area contributed by atoms with Gasteiger partial charge in [-0.2, -0.15) is 10.4 Å². The number of aliphatic hydroxyl groups excluding tert-OH is 1. The predicted molar refractivity (Wildman–Crippen MR) is 94.1 cm³/mol. The Hall–Kier alpha value is -2.36. The maximum atomic E-state index is 10.3. The van der Waals surface area contributed by atoms with Crippen molar-refractivity contribution in [1.29, 1.82) is 5.26 Å². The van der Waals surface area contributed by atoms with Crippen molar-refractivity contribution in [1.82, 2.24) is 14.7 Å². The largest absolute Gasteiger partial charge is 0.491 e. The normalized spacial score (nSPS) is 18.8. The molecule has 1 aromatic carbocycles. The highest BCUT2D eigenvalue weighted by atomic mass is 16.5. The minimum atomic E-state index is -0.531. The van der Waals surface area contributed by atoms with Crippen LogP contribution in [0.1, 0.15) is 18.4 Å². The summed E-state index contributed by atoms with van der Waals surface area (Å²) in [6.45, 7) is 2.74. The van der Waals surface area contributed by atoms with Crippen molar-refractivity contribution in [2.75, 3.05) is 19.7 Å². The monoisotopic (exact) mass is 340 g/mol. The van der Waals surface area contributed by atoms with E-state index in [0.29, 0.717) is 19.0 Å². The van der Waals surface area contributed by atoms with Crippen LogP contribution in [-0.2, 0) is 13.0 Å². The number of β-amino-alcohol motifs (C(OH)–C–C–N with tert-alkyl or cyclic N) is 1. The lowest BCUT2D eigenvalue weighted by Gasteiger charge is -2.26. The number of rotatable bonds is 8. The topological polar surface area (TPSA) is 74.3 Å². The van der Waals surface area contributed by atoms with E-state index < -0.39 is 6.10 Å². The molecule has 0 aliphatic carbocycles. The van der Waals surface area contributed by atoms with E-state index in [2.05, 4.69) is 16.1 Å². The summed E-state index contributed by atoms with van der Waals surface area (Å²) in [4.78, 5) is 2.33. The van der Waals surface area contributed by atoms with Crippen molar-refractivity contribution in [3.63, 3.8) is 0 Å². The molecule has 132 valence electrons. The van der Waals surface area contributed by atoms with E-state index in [1.807, 2.05) is 41.2 Å². The molecule has 3 rings (SSSR count). The molecule has 1 saturated heterocycles. The molecule has 0 unspecified atom stereocenters. The smallest absolute Gasteiger partial charge is 0.119 e. The van der Waals surface area contributed by atoms with Crippen LogP contribution in [0.4, 0.5) is 0 Å². The molecule has 1 aromatic heterocycles. The van der Waals surface area contributed by atoms with Gasteiger partial charge < -0.3 is 9.84 Å². The number of nitriles is 1. The standard InChI is InChI=1S/C19H24N4O2/c20-9-8-16-4-6-19(7-5-16)25-15-18(24)14-22-11-1-3-17(22)13-23-12-2-10-21-23/h2,4-7,10,12,17-18,24H,1,3,8,11,13-15H2/t17-,18+/m0/s1. The van der Waals surface area contributed by atoms with Crippen LogP contribution in [0.5, 0.6) is 5.75 Å². The van der Waals surface area contributed by atoms with E-state index in [9.17, 15) is 5.11 Å². The molecule has 6 heteroatoms. The maximum absolute atomic E-state index is 10.3. The molecule has 0 spiro atoms. The second-order valence-corrected chi connectivity index (χ2v) is 6.46. The van der Waals surface area contributed by atoms with E-state index in [4.69, 9.17) is 10.00 Å². The Bertz CT molecular complexity index is 678. The van der Waals surface area contributed by atoms with Gasteiger partial charge in [0.2, 0.25) is 0 Å². The van der Waals surface area contributed by atoms with Crippen LogP contribution in [0.2, 0.25) is 0 Å². The maximum Gasteiger partial charge on any atom is 0.119 e. The SMILES string of the molecule is N#CCc1ccc(OC[C@H](O)CN2CCC[C@H]2Cn2cccn2)cc1. The van der Waals surface area contributed by atoms with Gasteiger partial charge in [0.1, 0.15) is 18.5 Å². The second kappa shape index (κ2) is 8.65. The first-order valence-corrected chi connectivity index (χ1v) is 8.73. The Morgan fingerprint density at radius 1 is 1.36 bits per heavy atom. The molecule has 0 saturated carbocycles. The minimum absolute atomic E-state index is 0.266. The van der Waals surface area contributed by atoms with Crippen molar-refractivity contribution in [2.45, 2.75) is 38.0 Å². The number of aliphatic hydroxyl groups is 1. The van der Waals surface area contributed by atoms with Gasteiger partial charge >= 0.3 is 0 Å². The quantitative estimate of drug-likeness (QED) is 0.794. The predicted octanol–water partition coefficient (Wildman–Crippen LogP) is 1.85. The zero-order valence-corrected chi connectivity index (χ0v) is 14.3. The highest BCUT2D eigenvalue weighted by molar-refractivity contribution is 5.28. The van der Waals surface area contributed by atoms with E-state index in [-0.39, 0.29) is 6.61 Å². The Morgan fingerprint density at radius 3 is 2.92 bits per heavy atom. The number of benzene rings is 1. The lowest BCUT2D eigenvalue weighted by molar-refractivity contribution is 0.0609. The van der Waals surface area contributed by atoms with E-state index in [1.165, 1.54) is 0 Å². The first-order valence-electron chi connectivity index (χ1n) is 8.73. The molecule has 1 N–H and O–H groups in total. The zero-order valence-electron chi connectivity index (χ0n) is 14.3. The molecule has 1 aliphatic heterocycles. The van der Waals surface area contributed by atoms with Crippen LogP contribution >= 0.6 is 0 Å². The van der Waals surface area contributed by atoms with Crippen LogP contribution in [0.25, 0.3) is 0 Å². The highest BCUT2D eigenvalue weighted by Gasteiger charge is 2.26. The number of nitrogens with zero attached hydrogens (tertiary/aromatic N) is 4. The fraction of sp³-hybridized carbons (Fsp3) is 0.474. The summed E-state index contributed by atoms with van der Waals surface area (Å²) in [5.74, 6) is 0.718. The summed E-state index contributed by atoms with van der Waals surface area (Å²) < 4.78 is 7.63. The summed E-state index contributed by atoms with van der Waals surface area (Å²) in [7, 11) is 0. The molecule has 2 heterocycles. The van der Waals surface area contributed by atoms with Crippen molar-refractivity contribution >= 4 is 0 Å². The van der Waals surface area contributed by atoms with Crippen LogP contribution in [-0.4, -0.2) is 51.6 Å². The van der Waals surface area contributed by atoms with Crippen LogP contribution in [0.3, 0.4) is 0 Å². The van der Waals surface area contributed by atoms with Crippen molar-refractivity contribution in [3.05, 3.63) is 48.3 Å². The lowest BCUT2D eigenvalue weighted by atomic mass is 10.2. The van der Waals surface area contributed by atoms with Gasteiger partial charge in [0.05, 0.1) is 19.0 Å². The first-order chi connectivity index (χ1) is 12.2. The number of aromatic nitrogens is 2. The second-order valence-electron chi connectivity index (χ2n) is 6.46. The van der Waals surface area contributed by atoms with E-state index in [1.54, 1.807) is 6.20 Å². The van der Waals surface area contributed by atoms with E-state index in [0.717, 1.165) is 37.2 Å². The Morgan fingerprint density at radius 2 is 2.20 bits per heavy atom. The zero-order chi connectivity index (χ0) is 17.5. The number of hydrogen-bond donors (Lipinski definition) is 1.